The molecule has 3 aromatic rings. The second-order valence-corrected chi connectivity index (χ2v) is 11.6. The average molecular weight is 563 g/mol. The van der Waals surface area contributed by atoms with Gasteiger partial charge in [-0.05, 0) is 79.4 Å². The second-order valence-electron chi connectivity index (χ2n) is 9.72. The Hall–Kier alpha value is -4.18. The van der Waals surface area contributed by atoms with Crippen LogP contribution in [0.25, 0.3) is 0 Å². The van der Waals surface area contributed by atoms with Crippen LogP contribution in [-0.2, 0) is 19.6 Å². The standard InChI is InChI=1S/C30H34N4O5S/c1-23-9-8-12-26(19-23)34(40(37,38)28-13-6-3-7-14-28)21-29(35)33-31-20-24-15-17-27(18-16-24)39-22-30(36)32-25-10-4-2-5-11-25/h3,6-9,12-20,25H,2,4-5,10-11,21-22H2,1H3,(H,32,36)(H,33,35)/b31-20-. The van der Waals surface area contributed by atoms with E-state index in [0.717, 1.165) is 35.6 Å². The van der Waals surface area contributed by atoms with E-state index in [9.17, 15) is 18.0 Å². The summed E-state index contributed by atoms with van der Waals surface area (Å²) in [5.41, 5.74) is 4.33. The van der Waals surface area contributed by atoms with Crippen molar-refractivity contribution >= 4 is 33.7 Å². The Kier molecular flexibility index (Phi) is 9.91. The van der Waals surface area contributed by atoms with Crippen LogP contribution in [0, 0.1) is 6.92 Å². The van der Waals surface area contributed by atoms with E-state index in [1.807, 2.05) is 13.0 Å². The van der Waals surface area contributed by atoms with Gasteiger partial charge in [0, 0.05) is 6.04 Å². The van der Waals surface area contributed by atoms with Crippen molar-refractivity contribution in [3.63, 3.8) is 0 Å². The third-order valence-electron chi connectivity index (χ3n) is 6.53. The molecule has 2 amide bonds. The number of hydrogen-bond acceptors (Lipinski definition) is 6. The van der Waals surface area contributed by atoms with Gasteiger partial charge in [-0.25, -0.2) is 13.8 Å². The molecule has 1 fully saturated rings. The van der Waals surface area contributed by atoms with E-state index < -0.39 is 22.5 Å². The van der Waals surface area contributed by atoms with Crippen LogP contribution < -0.4 is 19.8 Å². The number of hydrogen-bond donors (Lipinski definition) is 2. The van der Waals surface area contributed by atoms with Gasteiger partial charge in [-0.1, -0.05) is 49.6 Å². The number of ether oxygens (including phenoxy) is 1. The van der Waals surface area contributed by atoms with E-state index in [2.05, 4.69) is 15.8 Å². The van der Waals surface area contributed by atoms with Crippen molar-refractivity contribution in [3.8, 4) is 5.75 Å². The van der Waals surface area contributed by atoms with Crippen LogP contribution in [0.2, 0.25) is 0 Å². The number of anilines is 1. The van der Waals surface area contributed by atoms with Gasteiger partial charge in [-0.2, -0.15) is 5.10 Å². The minimum absolute atomic E-state index is 0.0523. The molecule has 210 valence electrons. The van der Waals surface area contributed by atoms with Crippen LogP contribution in [-0.4, -0.2) is 45.6 Å². The monoisotopic (exact) mass is 562 g/mol. The zero-order valence-electron chi connectivity index (χ0n) is 22.5. The van der Waals surface area contributed by atoms with Crippen LogP contribution in [0.15, 0.2) is 88.9 Å². The molecule has 0 aromatic heterocycles. The molecule has 9 nitrogen and oxygen atoms in total. The molecule has 1 aliphatic rings. The molecule has 4 rings (SSSR count). The Morgan fingerprint density at radius 2 is 1.68 bits per heavy atom. The lowest BCUT2D eigenvalue weighted by atomic mass is 9.95. The number of sulfonamides is 1. The van der Waals surface area contributed by atoms with Crippen molar-refractivity contribution in [2.24, 2.45) is 5.10 Å². The number of nitrogens with one attached hydrogen (secondary N) is 2. The van der Waals surface area contributed by atoms with Crippen LogP contribution in [0.5, 0.6) is 5.75 Å². The summed E-state index contributed by atoms with van der Waals surface area (Å²) in [7, 11) is -3.99. The maximum atomic E-state index is 13.4. The zero-order valence-corrected chi connectivity index (χ0v) is 23.3. The highest BCUT2D eigenvalue weighted by molar-refractivity contribution is 7.92. The molecule has 0 heterocycles. The maximum absolute atomic E-state index is 13.4. The number of amides is 2. The van der Waals surface area contributed by atoms with Gasteiger partial charge in [-0.3, -0.25) is 13.9 Å². The molecular weight excluding hydrogens is 528 g/mol. The van der Waals surface area contributed by atoms with Crippen molar-refractivity contribution in [2.75, 3.05) is 17.5 Å². The summed E-state index contributed by atoms with van der Waals surface area (Å²) in [5, 5.41) is 7.00. The molecular formula is C30H34N4O5S. The fraction of sp³-hybridized carbons (Fsp3) is 0.300. The highest BCUT2D eigenvalue weighted by Gasteiger charge is 2.27. The number of nitrogens with zero attached hydrogens (tertiary/aromatic N) is 2. The summed E-state index contributed by atoms with van der Waals surface area (Å²) in [4.78, 5) is 25.0. The Bertz CT molecular complexity index is 1420. The topological polar surface area (TPSA) is 117 Å². The predicted octanol–water partition coefficient (Wildman–Crippen LogP) is 4.17. The molecule has 0 bridgehead atoms. The summed E-state index contributed by atoms with van der Waals surface area (Å²) in [6.07, 6.45) is 7.00. The summed E-state index contributed by atoms with van der Waals surface area (Å²) >= 11 is 0. The molecule has 0 radical (unpaired) electrons. The third kappa shape index (κ3) is 8.16. The number of rotatable bonds is 11. The van der Waals surface area contributed by atoms with Gasteiger partial charge in [0.05, 0.1) is 16.8 Å². The molecule has 3 aromatic carbocycles. The normalized spacial score (nSPS) is 14.0. The van der Waals surface area contributed by atoms with Crippen molar-refractivity contribution in [1.29, 1.82) is 0 Å². The van der Waals surface area contributed by atoms with E-state index in [-0.39, 0.29) is 23.5 Å². The summed E-state index contributed by atoms with van der Waals surface area (Å²) < 4.78 is 33.4. The maximum Gasteiger partial charge on any atom is 0.264 e. The SMILES string of the molecule is Cc1cccc(N(CC(=O)N/N=C\c2ccc(OCC(=O)NC3CCCCC3)cc2)S(=O)(=O)c2ccccc2)c1. The van der Waals surface area contributed by atoms with Crippen LogP contribution in [0.3, 0.4) is 0 Å². The number of carbonyl (C=O) groups is 2. The Labute approximate surface area is 235 Å². The smallest absolute Gasteiger partial charge is 0.264 e. The number of carbonyl (C=O) groups excluding carboxylic acids is 2. The third-order valence-corrected chi connectivity index (χ3v) is 8.32. The summed E-state index contributed by atoms with van der Waals surface area (Å²) in [6.45, 7) is 1.35. The first-order valence-corrected chi connectivity index (χ1v) is 14.7. The molecule has 1 aliphatic carbocycles. The molecule has 0 aliphatic heterocycles. The van der Waals surface area contributed by atoms with Gasteiger partial charge in [0.2, 0.25) is 0 Å². The van der Waals surface area contributed by atoms with Gasteiger partial charge >= 0.3 is 0 Å². The van der Waals surface area contributed by atoms with Gasteiger partial charge < -0.3 is 10.1 Å². The van der Waals surface area contributed by atoms with Crippen molar-refractivity contribution in [2.45, 2.75) is 50.0 Å². The van der Waals surface area contributed by atoms with Gasteiger partial charge in [-0.15, -0.1) is 0 Å². The van der Waals surface area contributed by atoms with Crippen molar-refractivity contribution in [3.05, 3.63) is 90.0 Å². The quantitative estimate of drug-likeness (QED) is 0.269. The lowest BCUT2D eigenvalue weighted by Crippen LogP contribution is -2.39. The van der Waals surface area contributed by atoms with E-state index >= 15 is 0 Å². The largest absolute Gasteiger partial charge is 0.484 e. The van der Waals surface area contributed by atoms with Crippen LogP contribution >= 0.6 is 0 Å². The van der Waals surface area contributed by atoms with Gasteiger partial charge in [0.1, 0.15) is 12.3 Å². The molecule has 0 saturated heterocycles. The van der Waals surface area contributed by atoms with E-state index in [1.54, 1.807) is 60.7 Å². The minimum Gasteiger partial charge on any atom is -0.484 e. The lowest BCUT2D eigenvalue weighted by molar-refractivity contribution is -0.124. The highest BCUT2D eigenvalue weighted by atomic mass is 32.2. The first-order chi connectivity index (χ1) is 19.3. The average Bonchev–Trinajstić information content (AvgIpc) is 2.96. The Balaban J connectivity index is 1.32. The van der Waals surface area contributed by atoms with Crippen LogP contribution in [0.1, 0.15) is 43.2 Å². The molecule has 0 spiro atoms. The highest BCUT2D eigenvalue weighted by Crippen LogP contribution is 2.24. The number of hydrazone groups is 1. The Morgan fingerprint density at radius 1 is 0.950 bits per heavy atom. The predicted molar refractivity (Wildman–Crippen MR) is 155 cm³/mol. The fourth-order valence-corrected chi connectivity index (χ4v) is 5.91. The molecule has 1 saturated carbocycles. The van der Waals surface area contributed by atoms with E-state index in [1.165, 1.54) is 24.8 Å². The fourth-order valence-electron chi connectivity index (χ4n) is 4.48. The molecule has 0 atom stereocenters. The first-order valence-electron chi connectivity index (χ1n) is 13.3. The molecule has 10 heteroatoms. The van der Waals surface area contributed by atoms with Gasteiger partial charge in [0.15, 0.2) is 6.61 Å². The van der Waals surface area contributed by atoms with Gasteiger partial charge in [0.25, 0.3) is 21.8 Å². The Morgan fingerprint density at radius 3 is 2.38 bits per heavy atom. The summed E-state index contributed by atoms with van der Waals surface area (Å²) in [5.74, 6) is -0.185. The molecule has 0 unspecified atom stereocenters. The zero-order chi connectivity index (χ0) is 28.4. The molecule has 2 N–H and O–H groups in total. The van der Waals surface area contributed by atoms with E-state index in [4.69, 9.17) is 4.74 Å². The summed E-state index contributed by atoms with van der Waals surface area (Å²) in [6, 6.07) is 22.1. The van der Waals surface area contributed by atoms with E-state index in [0.29, 0.717) is 17.0 Å². The lowest BCUT2D eigenvalue weighted by Gasteiger charge is -2.24. The number of aryl methyl sites for hydroxylation is 1. The number of benzene rings is 3. The van der Waals surface area contributed by atoms with Crippen molar-refractivity contribution in [1.82, 2.24) is 10.7 Å². The van der Waals surface area contributed by atoms with Crippen LogP contribution in [0.4, 0.5) is 5.69 Å². The minimum atomic E-state index is -3.99. The second kappa shape index (κ2) is 13.7. The molecule has 40 heavy (non-hydrogen) atoms. The van der Waals surface area contributed by atoms with Crippen molar-refractivity contribution < 1.29 is 22.7 Å². The first kappa shape index (κ1) is 28.8.